The molecule has 3 rings (SSSR count). The number of carbonyl (C=O) groups excluding carboxylic acids is 3. The molecule has 188 valence electrons. The van der Waals surface area contributed by atoms with E-state index in [-0.39, 0.29) is 23.3 Å². The van der Waals surface area contributed by atoms with Crippen molar-refractivity contribution >= 4 is 35.2 Å². The fourth-order valence-corrected chi connectivity index (χ4v) is 4.03. The second-order valence-electron chi connectivity index (χ2n) is 9.59. The van der Waals surface area contributed by atoms with Crippen LogP contribution in [0.3, 0.4) is 0 Å². The molecule has 1 atom stereocenters. The lowest BCUT2D eigenvalue weighted by Gasteiger charge is -2.34. The summed E-state index contributed by atoms with van der Waals surface area (Å²) in [5.74, 6) is -1.17. The standard InChI is InChI=1S/C26H31ClFN3O4/c1-26(2,3)35-25(34)31-12-4-5-17(16-31)15-29-24(33)21-13-19(18-6-9-20(27)10-7-18)8-11-22(21)30-23(32)14-28/h6-11,13,17H,4-5,12,14-16H2,1-3H3,(H,29,33)(H,30,32)/t17-/m1/s1. The van der Waals surface area contributed by atoms with Crippen LogP contribution in [-0.2, 0) is 9.53 Å². The fraction of sp³-hybridized carbons (Fsp3) is 0.423. The van der Waals surface area contributed by atoms with Crippen LogP contribution in [0, 0.1) is 5.92 Å². The van der Waals surface area contributed by atoms with E-state index in [2.05, 4.69) is 10.6 Å². The highest BCUT2D eigenvalue weighted by Crippen LogP contribution is 2.27. The summed E-state index contributed by atoms with van der Waals surface area (Å²) >= 11 is 5.98. The van der Waals surface area contributed by atoms with Crippen molar-refractivity contribution in [3.63, 3.8) is 0 Å². The number of rotatable bonds is 6. The number of ether oxygens (including phenoxy) is 1. The normalized spacial score (nSPS) is 15.9. The second-order valence-corrected chi connectivity index (χ2v) is 10.0. The van der Waals surface area contributed by atoms with Crippen molar-refractivity contribution in [3.8, 4) is 11.1 Å². The van der Waals surface area contributed by atoms with E-state index in [0.717, 1.165) is 24.0 Å². The van der Waals surface area contributed by atoms with Gasteiger partial charge in [0, 0.05) is 24.7 Å². The number of hydrogen-bond acceptors (Lipinski definition) is 4. The molecule has 0 radical (unpaired) electrons. The van der Waals surface area contributed by atoms with Crippen LogP contribution < -0.4 is 10.6 Å². The molecule has 0 spiro atoms. The summed E-state index contributed by atoms with van der Waals surface area (Å²) in [4.78, 5) is 38.9. The van der Waals surface area contributed by atoms with Gasteiger partial charge in [0.15, 0.2) is 6.67 Å². The van der Waals surface area contributed by atoms with Crippen LogP contribution in [0.1, 0.15) is 44.0 Å². The van der Waals surface area contributed by atoms with Gasteiger partial charge in [-0.2, -0.15) is 0 Å². The highest BCUT2D eigenvalue weighted by molar-refractivity contribution is 6.30. The molecule has 1 aliphatic heterocycles. The largest absolute Gasteiger partial charge is 0.444 e. The van der Waals surface area contributed by atoms with Crippen LogP contribution in [0.5, 0.6) is 0 Å². The average molecular weight is 504 g/mol. The van der Waals surface area contributed by atoms with Gasteiger partial charge in [0.25, 0.3) is 11.8 Å². The summed E-state index contributed by atoms with van der Waals surface area (Å²) in [6.45, 7) is 5.72. The number of likely N-dealkylation sites (tertiary alicyclic amines) is 1. The Morgan fingerprint density at radius 3 is 2.46 bits per heavy atom. The van der Waals surface area contributed by atoms with Gasteiger partial charge in [-0.1, -0.05) is 29.8 Å². The van der Waals surface area contributed by atoms with Gasteiger partial charge in [-0.05, 0) is 74.9 Å². The minimum absolute atomic E-state index is 0.0588. The summed E-state index contributed by atoms with van der Waals surface area (Å²) in [5, 5.41) is 5.95. The molecular formula is C26H31ClFN3O4. The first kappa shape index (κ1) is 26.5. The zero-order valence-corrected chi connectivity index (χ0v) is 21.0. The first-order valence-electron chi connectivity index (χ1n) is 11.6. The maximum absolute atomic E-state index is 13.1. The van der Waals surface area contributed by atoms with Gasteiger partial charge in [-0.25, -0.2) is 9.18 Å². The van der Waals surface area contributed by atoms with E-state index >= 15 is 0 Å². The van der Waals surface area contributed by atoms with E-state index in [0.29, 0.717) is 24.7 Å². The van der Waals surface area contributed by atoms with Gasteiger partial charge in [0.1, 0.15) is 5.60 Å². The molecule has 1 aliphatic rings. The Labute approximate surface area is 210 Å². The lowest BCUT2D eigenvalue weighted by atomic mass is 9.97. The average Bonchev–Trinajstić information content (AvgIpc) is 2.82. The van der Waals surface area contributed by atoms with Crippen molar-refractivity contribution in [2.24, 2.45) is 5.92 Å². The zero-order chi connectivity index (χ0) is 25.6. The maximum Gasteiger partial charge on any atom is 0.410 e. The van der Waals surface area contributed by atoms with Crippen LogP contribution >= 0.6 is 11.6 Å². The Hall–Kier alpha value is -3.13. The van der Waals surface area contributed by atoms with Gasteiger partial charge in [0.2, 0.25) is 0 Å². The molecule has 7 nitrogen and oxygen atoms in total. The van der Waals surface area contributed by atoms with E-state index < -0.39 is 24.1 Å². The number of hydrogen-bond donors (Lipinski definition) is 2. The molecule has 1 saturated heterocycles. The quantitative estimate of drug-likeness (QED) is 0.560. The first-order chi connectivity index (χ1) is 16.6. The number of nitrogens with one attached hydrogen (secondary N) is 2. The summed E-state index contributed by atoms with van der Waals surface area (Å²) in [6.07, 6.45) is 1.31. The molecule has 35 heavy (non-hydrogen) atoms. The van der Waals surface area contributed by atoms with Crippen LogP contribution in [-0.4, -0.2) is 54.7 Å². The predicted octanol–water partition coefficient (Wildman–Crippen LogP) is 5.29. The Kier molecular flexibility index (Phi) is 8.72. The number of amides is 3. The second kappa shape index (κ2) is 11.5. The predicted molar refractivity (Wildman–Crippen MR) is 134 cm³/mol. The number of alkyl halides is 1. The van der Waals surface area contributed by atoms with Gasteiger partial charge < -0.3 is 20.3 Å². The molecule has 0 aromatic heterocycles. The molecule has 1 fully saturated rings. The number of benzene rings is 2. The van der Waals surface area contributed by atoms with Crippen LogP contribution in [0.15, 0.2) is 42.5 Å². The number of anilines is 1. The zero-order valence-electron chi connectivity index (χ0n) is 20.2. The highest BCUT2D eigenvalue weighted by Gasteiger charge is 2.28. The number of carbonyl (C=O) groups is 3. The van der Waals surface area contributed by atoms with Gasteiger partial charge >= 0.3 is 6.09 Å². The molecule has 1 heterocycles. The number of piperidine rings is 1. The van der Waals surface area contributed by atoms with Crippen LogP contribution in [0.2, 0.25) is 5.02 Å². The van der Waals surface area contributed by atoms with E-state index in [4.69, 9.17) is 16.3 Å². The molecule has 9 heteroatoms. The third-order valence-corrected chi connectivity index (χ3v) is 5.81. The van der Waals surface area contributed by atoms with Crippen molar-refractivity contribution in [1.82, 2.24) is 10.2 Å². The van der Waals surface area contributed by atoms with Crippen molar-refractivity contribution in [2.75, 3.05) is 31.6 Å². The first-order valence-corrected chi connectivity index (χ1v) is 12.0. The van der Waals surface area contributed by atoms with Gasteiger partial charge in [-0.3, -0.25) is 9.59 Å². The lowest BCUT2D eigenvalue weighted by Crippen LogP contribution is -2.45. The van der Waals surface area contributed by atoms with Crippen LogP contribution in [0.25, 0.3) is 11.1 Å². The molecule has 0 saturated carbocycles. The van der Waals surface area contributed by atoms with Gasteiger partial charge in [0.05, 0.1) is 11.3 Å². The number of halogens is 2. The van der Waals surface area contributed by atoms with Gasteiger partial charge in [-0.15, -0.1) is 0 Å². The molecule has 0 aliphatic carbocycles. The topological polar surface area (TPSA) is 87.7 Å². The third kappa shape index (κ3) is 7.68. The smallest absolute Gasteiger partial charge is 0.410 e. The minimum atomic E-state index is -1.19. The summed E-state index contributed by atoms with van der Waals surface area (Å²) in [5.41, 5.74) is 1.46. The molecule has 2 aromatic rings. The Bertz CT molecular complexity index is 1070. The van der Waals surface area contributed by atoms with E-state index in [9.17, 15) is 18.8 Å². The molecule has 2 N–H and O–H groups in total. The number of nitrogens with zero attached hydrogens (tertiary/aromatic N) is 1. The highest BCUT2D eigenvalue weighted by atomic mass is 35.5. The van der Waals surface area contributed by atoms with Crippen molar-refractivity contribution in [3.05, 3.63) is 53.1 Å². The SMILES string of the molecule is CC(C)(C)OC(=O)N1CCC[C@H](CNC(=O)c2cc(-c3ccc(Cl)cc3)ccc2NC(=O)CF)C1. The fourth-order valence-electron chi connectivity index (χ4n) is 3.90. The molecular weight excluding hydrogens is 473 g/mol. The monoisotopic (exact) mass is 503 g/mol. The Balaban J connectivity index is 1.73. The van der Waals surface area contributed by atoms with Crippen LogP contribution in [0.4, 0.5) is 14.9 Å². The molecule has 0 unspecified atom stereocenters. The van der Waals surface area contributed by atoms with Crippen molar-refractivity contribution in [1.29, 1.82) is 0 Å². The lowest BCUT2D eigenvalue weighted by molar-refractivity contribution is -0.117. The molecule has 3 amide bonds. The summed E-state index contributed by atoms with van der Waals surface area (Å²) < 4.78 is 18.3. The van der Waals surface area contributed by atoms with Crippen molar-refractivity contribution < 1.29 is 23.5 Å². The Morgan fingerprint density at radius 1 is 1.11 bits per heavy atom. The van der Waals surface area contributed by atoms with E-state index in [1.165, 1.54) is 0 Å². The minimum Gasteiger partial charge on any atom is -0.444 e. The Morgan fingerprint density at radius 2 is 1.80 bits per heavy atom. The van der Waals surface area contributed by atoms with E-state index in [1.54, 1.807) is 35.2 Å². The third-order valence-electron chi connectivity index (χ3n) is 5.56. The van der Waals surface area contributed by atoms with E-state index in [1.807, 2.05) is 32.9 Å². The summed E-state index contributed by atoms with van der Waals surface area (Å²) in [7, 11) is 0. The summed E-state index contributed by atoms with van der Waals surface area (Å²) in [6, 6.07) is 12.1. The molecule has 2 aromatic carbocycles. The molecule has 0 bridgehead atoms. The maximum atomic E-state index is 13.1. The van der Waals surface area contributed by atoms with Crippen molar-refractivity contribution in [2.45, 2.75) is 39.2 Å².